The lowest BCUT2D eigenvalue weighted by Gasteiger charge is -2.31. The molecule has 0 atom stereocenters. The van der Waals surface area contributed by atoms with E-state index in [1.54, 1.807) is 11.3 Å². The highest BCUT2D eigenvalue weighted by Crippen LogP contribution is 2.33. The summed E-state index contributed by atoms with van der Waals surface area (Å²) in [5.41, 5.74) is 6.56. The van der Waals surface area contributed by atoms with Crippen molar-refractivity contribution in [3.05, 3.63) is 29.3 Å². The van der Waals surface area contributed by atoms with Crippen LogP contribution in [0.4, 0.5) is 0 Å². The molecule has 0 radical (unpaired) electrons. The van der Waals surface area contributed by atoms with Gasteiger partial charge in [0.15, 0.2) is 0 Å². The Balaban J connectivity index is 1.61. The molecule has 5 heteroatoms. The SMILES string of the molecule is NCCCC(=O)N1CCC(c2nc3ccccc3s2)CC1. The fourth-order valence-electron chi connectivity index (χ4n) is 2.85. The molecule has 1 aliphatic rings. The zero-order valence-electron chi connectivity index (χ0n) is 12.1. The van der Waals surface area contributed by atoms with E-state index in [0.29, 0.717) is 18.9 Å². The fraction of sp³-hybridized carbons (Fsp3) is 0.500. The van der Waals surface area contributed by atoms with Gasteiger partial charge in [0.1, 0.15) is 0 Å². The Bertz CT molecular complexity index is 584. The maximum atomic E-state index is 12.0. The standard InChI is InChI=1S/C16H21N3OS/c17-9-3-6-15(20)19-10-7-12(8-11-19)16-18-13-4-1-2-5-14(13)21-16/h1-2,4-5,12H,3,6-11,17H2. The maximum Gasteiger partial charge on any atom is 0.222 e. The number of thiazole rings is 1. The summed E-state index contributed by atoms with van der Waals surface area (Å²) in [6.07, 6.45) is 3.42. The number of benzene rings is 1. The number of hydrogen-bond donors (Lipinski definition) is 1. The Morgan fingerprint density at radius 1 is 1.33 bits per heavy atom. The summed E-state index contributed by atoms with van der Waals surface area (Å²) >= 11 is 1.80. The Morgan fingerprint density at radius 2 is 2.10 bits per heavy atom. The Kier molecular flexibility index (Phi) is 4.51. The molecule has 0 unspecified atom stereocenters. The normalized spacial score (nSPS) is 16.5. The predicted octanol–water partition coefficient (Wildman–Crippen LogP) is 2.74. The highest BCUT2D eigenvalue weighted by molar-refractivity contribution is 7.18. The largest absolute Gasteiger partial charge is 0.343 e. The van der Waals surface area contributed by atoms with Crippen molar-refractivity contribution in [2.45, 2.75) is 31.6 Å². The number of amides is 1. The summed E-state index contributed by atoms with van der Waals surface area (Å²) in [5.74, 6) is 0.754. The van der Waals surface area contributed by atoms with Gasteiger partial charge in [-0.2, -0.15) is 0 Å². The van der Waals surface area contributed by atoms with Crippen molar-refractivity contribution in [1.82, 2.24) is 9.88 Å². The van der Waals surface area contributed by atoms with E-state index >= 15 is 0 Å². The van der Waals surface area contributed by atoms with Crippen LogP contribution in [0.2, 0.25) is 0 Å². The number of nitrogens with two attached hydrogens (primary N) is 1. The van der Waals surface area contributed by atoms with E-state index in [-0.39, 0.29) is 5.91 Å². The van der Waals surface area contributed by atoms with Crippen LogP contribution >= 0.6 is 11.3 Å². The minimum atomic E-state index is 0.253. The summed E-state index contributed by atoms with van der Waals surface area (Å²) in [4.78, 5) is 18.7. The smallest absolute Gasteiger partial charge is 0.222 e. The molecule has 2 aromatic rings. The van der Waals surface area contributed by atoms with Gasteiger partial charge < -0.3 is 10.6 Å². The molecule has 2 N–H and O–H groups in total. The molecule has 0 saturated carbocycles. The van der Waals surface area contributed by atoms with Gasteiger partial charge in [0.05, 0.1) is 15.2 Å². The van der Waals surface area contributed by atoms with Crippen LogP contribution in [0.1, 0.15) is 36.6 Å². The number of carbonyl (C=O) groups excluding carboxylic acids is 1. The third kappa shape index (κ3) is 3.24. The van der Waals surface area contributed by atoms with Gasteiger partial charge in [0.25, 0.3) is 0 Å². The van der Waals surface area contributed by atoms with Crippen molar-refractivity contribution in [3.63, 3.8) is 0 Å². The summed E-state index contributed by atoms with van der Waals surface area (Å²) in [6, 6.07) is 8.29. The van der Waals surface area contributed by atoms with E-state index in [9.17, 15) is 4.79 Å². The van der Waals surface area contributed by atoms with Crippen LogP contribution < -0.4 is 5.73 Å². The van der Waals surface area contributed by atoms with Gasteiger partial charge in [-0.1, -0.05) is 12.1 Å². The van der Waals surface area contributed by atoms with Crippen molar-refractivity contribution >= 4 is 27.5 Å². The van der Waals surface area contributed by atoms with Crippen LogP contribution in [0, 0.1) is 0 Å². The number of aromatic nitrogens is 1. The van der Waals surface area contributed by atoms with Crippen molar-refractivity contribution < 1.29 is 4.79 Å². The van der Waals surface area contributed by atoms with E-state index in [0.717, 1.165) is 37.9 Å². The highest BCUT2D eigenvalue weighted by atomic mass is 32.1. The van der Waals surface area contributed by atoms with E-state index in [2.05, 4.69) is 18.2 Å². The lowest BCUT2D eigenvalue weighted by atomic mass is 9.97. The van der Waals surface area contributed by atoms with Crippen molar-refractivity contribution in [2.75, 3.05) is 19.6 Å². The molecule has 4 nitrogen and oxygen atoms in total. The summed E-state index contributed by atoms with van der Waals surface area (Å²) in [7, 11) is 0. The lowest BCUT2D eigenvalue weighted by molar-refractivity contribution is -0.132. The number of nitrogens with zero attached hydrogens (tertiary/aromatic N) is 2. The van der Waals surface area contributed by atoms with Crippen LogP contribution in [0.15, 0.2) is 24.3 Å². The molecule has 1 fully saturated rings. The first-order valence-corrected chi connectivity index (χ1v) is 8.43. The number of hydrogen-bond acceptors (Lipinski definition) is 4. The number of carbonyl (C=O) groups is 1. The number of para-hydroxylation sites is 1. The molecule has 2 heterocycles. The van der Waals surface area contributed by atoms with Gasteiger partial charge in [-0.25, -0.2) is 4.98 Å². The summed E-state index contributed by atoms with van der Waals surface area (Å²) in [5, 5.41) is 1.23. The van der Waals surface area contributed by atoms with Crippen LogP contribution in [-0.4, -0.2) is 35.4 Å². The fourth-order valence-corrected chi connectivity index (χ4v) is 3.99. The van der Waals surface area contributed by atoms with E-state index in [1.807, 2.05) is 11.0 Å². The van der Waals surface area contributed by atoms with Crippen LogP contribution in [0.3, 0.4) is 0 Å². The van der Waals surface area contributed by atoms with Gasteiger partial charge >= 0.3 is 0 Å². The first-order valence-electron chi connectivity index (χ1n) is 7.61. The molecule has 0 spiro atoms. The van der Waals surface area contributed by atoms with Crippen molar-refractivity contribution in [1.29, 1.82) is 0 Å². The quantitative estimate of drug-likeness (QED) is 0.945. The molecular weight excluding hydrogens is 282 g/mol. The van der Waals surface area contributed by atoms with E-state index < -0.39 is 0 Å². The first-order chi connectivity index (χ1) is 10.3. The molecule has 1 aromatic heterocycles. The minimum Gasteiger partial charge on any atom is -0.343 e. The maximum absolute atomic E-state index is 12.0. The Labute approximate surface area is 129 Å². The van der Waals surface area contributed by atoms with Crippen LogP contribution in [-0.2, 0) is 4.79 Å². The van der Waals surface area contributed by atoms with Crippen LogP contribution in [0.5, 0.6) is 0 Å². The van der Waals surface area contributed by atoms with E-state index in [1.165, 1.54) is 9.71 Å². The molecule has 1 aliphatic heterocycles. The summed E-state index contributed by atoms with van der Waals surface area (Å²) < 4.78 is 1.26. The molecule has 1 aromatic carbocycles. The average Bonchev–Trinajstić information content (AvgIpc) is 2.96. The van der Waals surface area contributed by atoms with Gasteiger partial charge in [-0.05, 0) is 37.9 Å². The van der Waals surface area contributed by atoms with Gasteiger partial charge in [0.2, 0.25) is 5.91 Å². The molecular formula is C16H21N3OS. The van der Waals surface area contributed by atoms with Gasteiger partial charge in [0, 0.05) is 25.4 Å². The highest BCUT2D eigenvalue weighted by Gasteiger charge is 2.25. The summed E-state index contributed by atoms with van der Waals surface area (Å²) in [6.45, 7) is 2.29. The molecule has 21 heavy (non-hydrogen) atoms. The second kappa shape index (κ2) is 6.54. The van der Waals surface area contributed by atoms with Crippen molar-refractivity contribution in [2.24, 2.45) is 5.73 Å². The lowest BCUT2D eigenvalue weighted by Crippen LogP contribution is -2.38. The topological polar surface area (TPSA) is 59.2 Å². The number of rotatable bonds is 4. The second-order valence-corrected chi connectivity index (χ2v) is 6.63. The second-order valence-electron chi connectivity index (χ2n) is 5.57. The minimum absolute atomic E-state index is 0.253. The van der Waals surface area contributed by atoms with Gasteiger partial charge in [-0.3, -0.25) is 4.79 Å². The Morgan fingerprint density at radius 3 is 2.81 bits per heavy atom. The monoisotopic (exact) mass is 303 g/mol. The molecule has 1 amide bonds. The molecule has 0 aliphatic carbocycles. The van der Waals surface area contributed by atoms with Crippen LogP contribution in [0.25, 0.3) is 10.2 Å². The zero-order chi connectivity index (χ0) is 14.7. The first kappa shape index (κ1) is 14.5. The zero-order valence-corrected chi connectivity index (χ0v) is 12.9. The number of fused-ring (bicyclic) bond motifs is 1. The third-order valence-electron chi connectivity index (χ3n) is 4.10. The Hall–Kier alpha value is -1.46. The third-order valence-corrected chi connectivity index (χ3v) is 5.30. The molecule has 112 valence electrons. The average molecular weight is 303 g/mol. The van der Waals surface area contributed by atoms with E-state index in [4.69, 9.17) is 10.7 Å². The number of piperidine rings is 1. The predicted molar refractivity (Wildman–Crippen MR) is 86.5 cm³/mol. The molecule has 3 rings (SSSR count). The van der Waals surface area contributed by atoms with Gasteiger partial charge in [-0.15, -0.1) is 11.3 Å². The number of likely N-dealkylation sites (tertiary alicyclic amines) is 1. The molecule has 0 bridgehead atoms. The van der Waals surface area contributed by atoms with Crippen molar-refractivity contribution in [3.8, 4) is 0 Å². The molecule has 1 saturated heterocycles.